The molecule has 1 rings (SSSR count). The number of nitrogen functional groups attached to an aromatic ring is 1. The summed E-state index contributed by atoms with van der Waals surface area (Å²) in [5, 5.41) is 0. The van der Waals surface area contributed by atoms with Gasteiger partial charge in [-0.25, -0.2) is 0 Å². The maximum Gasteiger partial charge on any atom is 0.113 e. The van der Waals surface area contributed by atoms with Crippen LogP contribution in [0.1, 0.15) is 0 Å². The first-order valence-corrected chi connectivity index (χ1v) is 2.40. The maximum atomic E-state index is 5.38. The number of hydrogen-bond donors (Lipinski definition) is 1. The monoisotopic (exact) mass is 103 g/mol. The van der Waals surface area contributed by atoms with Gasteiger partial charge in [-0.3, -0.25) is 0 Å². The Morgan fingerprint density at radius 3 is 2.50 bits per heavy atom. The first-order valence-electron chi connectivity index (χ1n) is 2.40. The minimum atomic E-state index is 0.713. The van der Waals surface area contributed by atoms with E-state index >= 15 is 0 Å². The molecule has 2 heteroatoms. The summed E-state index contributed by atoms with van der Waals surface area (Å²) >= 11 is 0. The fraction of sp³-hybridized carbons (Fsp3) is 0. The third-order valence-corrected chi connectivity index (χ3v) is 0.911. The Morgan fingerprint density at radius 1 is 1.38 bits per heavy atom. The standard InChI is InChI=1S/C6H6BN/c7-5-2-1-3-6(8)4-5/h1-4H,8H2. The van der Waals surface area contributed by atoms with E-state index in [0.29, 0.717) is 11.2 Å². The van der Waals surface area contributed by atoms with Crippen LogP contribution in [0.15, 0.2) is 24.3 Å². The summed E-state index contributed by atoms with van der Waals surface area (Å²) in [7, 11) is 5.38. The molecule has 0 heterocycles. The summed E-state index contributed by atoms with van der Waals surface area (Å²) in [6, 6.07) is 7.15. The van der Waals surface area contributed by atoms with E-state index in [2.05, 4.69) is 0 Å². The second-order valence-electron chi connectivity index (χ2n) is 1.67. The molecule has 1 aromatic rings. The van der Waals surface area contributed by atoms with Gasteiger partial charge in [0, 0.05) is 5.69 Å². The molecule has 0 unspecified atom stereocenters. The van der Waals surface area contributed by atoms with Gasteiger partial charge in [0.1, 0.15) is 7.85 Å². The molecule has 0 aliphatic rings. The number of rotatable bonds is 0. The highest BCUT2D eigenvalue weighted by atomic mass is 14.5. The Balaban J connectivity index is 3.08. The van der Waals surface area contributed by atoms with E-state index in [1.807, 2.05) is 6.07 Å². The molecule has 1 aromatic carbocycles. The van der Waals surface area contributed by atoms with Crippen molar-refractivity contribution < 1.29 is 0 Å². The summed E-state index contributed by atoms with van der Waals surface area (Å²) in [6.07, 6.45) is 0. The molecular weight excluding hydrogens is 96.9 g/mol. The average Bonchev–Trinajstić information content (AvgIpc) is 1.64. The van der Waals surface area contributed by atoms with E-state index in [9.17, 15) is 0 Å². The molecule has 0 bridgehead atoms. The van der Waals surface area contributed by atoms with Gasteiger partial charge in [-0.1, -0.05) is 17.6 Å². The molecule has 0 amide bonds. The molecule has 8 heavy (non-hydrogen) atoms. The predicted octanol–water partition coefficient (Wildman–Crippen LogP) is 0.0626. The maximum absolute atomic E-state index is 5.38. The van der Waals surface area contributed by atoms with Crippen molar-refractivity contribution in [1.82, 2.24) is 0 Å². The molecule has 1 nitrogen and oxygen atoms in total. The zero-order valence-corrected chi connectivity index (χ0v) is 4.46. The van der Waals surface area contributed by atoms with E-state index in [0.717, 1.165) is 0 Å². The fourth-order valence-electron chi connectivity index (χ4n) is 0.559. The Kier molecular flexibility index (Phi) is 1.25. The van der Waals surface area contributed by atoms with Gasteiger partial charge in [-0.2, -0.15) is 0 Å². The van der Waals surface area contributed by atoms with Crippen molar-refractivity contribution in [3.63, 3.8) is 0 Å². The molecular formula is C6H6BN. The summed E-state index contributed by atoms with van der Waals surface area (Å²) in [4.78, 5) is 0. The first-order chi connectivity index (χ1) is 3.79. The second-order valence-corrected chi connectivity index (χ2v) is 1.67. The largest absolute Gasteiger partial charge is 0.399 e. The van der Waals surface area contributed by atoms with Gasteiger partial charge in [0.15, 0.2) is 0 Å². The van der Waals surface area contributed by atoms with Crippen LogP contribution in [-0.4, -0.2) is 7.85 Å². The molecule has 0 aliphatic heterocycles. The van der Waals surface area contributed by atoms with Crippen LogP contribution in [0.4, 0.5) is 5.69 Å². The summed E-state index contributed by atoms with van der Waals surface area (Å²) < 4.78 is 0. The normalized spacial score (nSPS) is 9.00. The fourth-order valence-corrected chi connectivity index (χ4v) is 0.559. The summed E-state index contributed by atoms with van der Waals surface area (Å²) in [5.74, 6) is 0. The Morgan fingerprint density at radius 2 is 2.12 bits per heavy atom. The van der Waals surface area contributed by atoms with Crippen LogP contribution >= 0.6 is 0 Å². The lowest BCUT2D eigenvalue weighted by molar-refractivity contribution is 1.73. The highest BCUT2D eigenvalue weighted by Gasteiger charge is 1.80. The molecule has 0 saturated carbocycles. The molecule has 0 fully saturated rings. The van der Waals surface area contributed by atoms with Gasteiger partial charge in [0.05, 0.1) is 0 Å². The SMILES string of the molecule is [B]c1cccc(N)c1. The molecule has 38 valence electrons. The zero-order valence-electron chi connectivity index (χ0n) is 4.46. The van der Waals surface area contributed by atoms with Gasteiger partial charge in [0.25, 0.3) is 0 Å². The number of benzene rings is 1. The van der Waals surface area contributed by atoms with Crippen molar-refractivity contribution >= 4 is 19.0 Å². The Bertz CT molecular complexity index is 168. The molecule has 0 spiro atoms. The van der Waals surface area contributed by atoms with Crippen molar-refractivity contribution in [3.8, 4) is 0 Å². The van der Waals surface area contributed by atoms with Crippen molar-refractivity contribution in [2.75, 3.05) is 5.73 Å². The van der Waals surface area contributed by atoms with Crippen LogP contribution in [0.25, 0.3) is 0 Å². The van der Waals surface area contributed by atoms with Crippen LogP contribution in [0.2, 0.25) is 0 Å². The van der Waals surface area contributed by atoms with Crippen LogP contribution in [0.3, 0.4) is 0 Å². The highest BCUT2D eigenvalue weighted by Crippen LogP contribution is 1.93. The number of anilines is 1. The van der Waals surface area contributed by atoms with Crippen LogP contribution in [-0.2, 0) is 0 Å². The smallest absolute Gasteiger partial charge is 0.113 e. The van der Waals surface area contributed by atoms with Gasteiger partial charge in [0.2, 0.25) is 0 Å². The predicted molar refractivity (Wildman–Crippen MR) is 36.2 cm³/mol. The third-order valence-electron chi connectivity index (χ3n) is 0.911. The van der Waals surface area contributed by atoms with Crippen molar-refractivity contribution in [2.24, 2.45) is 0 Å². The molecule has 0 atom stereocenters. The minimum Gasteiger partial charge on any atom is -0.399 e. The van der Waals surface area contributed by atoms with Crippen molar-refractivity contribution in [2.45, 2.75) is 0 Å². The minimum absolute atomic E-state index is 0.713. The zero-order chi connectivity index (χ0) is 5.98. The lowest BCUT2D eigenvalue weighted by Gasteiger charge is -1.91. The van der Waals surface area contributed by atoms with Crippen molar-refractivity contribution in [3.05, 3.63) is 24.3 Å². The third kappa shape index (κ3) is 1.03. The summed E-state index contributed by atoms with van der Waals surface area (Å²) in [6.45, 7) is 0. The van der Waals surface area contributed by atoms with Crippen LogP contribution in [0, 0.1) is 0 Å². The molecule has 0 aromatic heterocycles. The van der Waals surface area contributed by atoms with E-state index < -0.39 is 0 Å². The van der Waals surface area contributed by atoms with Crippen LogP contribution < -0.4 is 11.2 Å². The van der Waals surface area contributed by atoms with Gasteiger partial charge < -0.3 is 5.73 Å². The number of hydrogen-bond acceptors (Lipinski definition) is 1. The quantitative estimate of drug-likeness (QED) is 0.364. The molecule has 2 N–H and O–H groups in total. The lowest BCUT2D eigenvalue weighted by Crippen LogP contribution is -2.01. The van der Waals surface area contributed by atoms with Gasteiger partial charge >= 0.3 is 0 Å². The van der Waals surface area contributed by atoms with Crippen LogP contribution in [0.5, 0.6) is 0 Å². The lowest BCUT2D eigenvalue weighted by atomic mass is 9.96. The van der Waals surface area contributed by atoms with E-state index in [1.165, 1.54) is 0 Å². The molecule has 2 radical (unpaired) electrons. The Labute approximate surface area is 49.9 Å². The first kappa shape index (κ1) is 5.23. The topological polar surface area (TPSA) is 26.0 Å². The average molecular weight is 103 g/mol. The molecule has 0 saturated heterocycles. The second kappa shape index (κ2) is 1.91. The van der Waals surface area contributed by atoms with Crippen molar-refractivity contribution in [1.29, 1.82) is 0 Å². The van der Waals surface area contributed by atoms with E-state index in [-0.39, 0.29) is 0 Å². The van der Waals surface area contributed by atoms with E-state index in [4.69, 9.17) is 13.6 Å². The molecule has 0 aliphatic carbocycles. The van der Waals surface area contributed by atoms with Gasteiger partial charge in [-0.05, 0) is 12.1 Å². The van der Waals surface area contributed by atoms with E-state index in [1.54, 1.807) is 18.2 Å². The Hall–Kier alpha value is -0.915. The van der Waals surface area contributed by atoms with Gasteiger partial charge in [-0.15, -0.1) is 0 Å². The number of nitrogens with two attached hydrogens (primary N) is 1. The summed E-state index contributed by atoms with van der Waals surface area (Å²) in [5.41, 5.74) is 6.80. The highest BCUT2D eigenvalue weighted by molar-refractivity contribution is 6.32.